The first-order valence-electron chi connectivity index (χ1n) is 4.41. The highest BCUT2D eigenvalue weighted by Crippen LogP contribution is 1.99. The van der Waals surface area contributed by atoms with Crippen molar-refractivity contribution in [3.63, 3.8) is 0 Å². The molecule has 0 bridgehead atoms. The van der Waals surface area contributed by atoms with Crippen LogP contribution in [0.15, 0.2) is 0 Å². The number of amides is 1. The lowest BCUT2D eigenvalue weighted by Crippen LogP contribution is -2.23. The molecule has 0 aromatic heterocycles. The zero-order chi connectivity index (χ0) is 9.23. The number of unbranched alkanes of at least 4 members (excludes halogenated alkanes) is 3. The third-order valence-electron chi connectivity index (χ3n) is 1.72. The molecule has 0 fully saturated rings. The second-order valence-electron chi connectivity index (χ2n) is 2.79. The van der Waals surface area contributed by atoms with E-state index in [9.17, 15) is 4.79 Å². The fourth-order valence-electron chi connectivity index (χ4n) is 1.00. The van der Waals surface area contributed by atoms with Crippen LogP contribution in [0.2, 0.25) is 0 Å². The third-order valence-corrected chi connectivity index (χ3v) is 1.72. The van der Waals surface area contributed by atoms with Crippen LogP contribution in [0, 0.1) is 11.3 Å². The van der Waals surface area contributed by atoms with Crippen molar-refractivity contribution in [2.75, 3.05) is 13.1 Å². The molecule has 0 aliphatic heterocycles. The van der Waals surface area contributed by atoms with Crippen molar-refractivity contribution >= 4 is 6.41 Å². The van der Waals surface area contributed by atoms with Crippen molar-refractivity contribution < 1.29 is 4.79 Å². The molecule has 0 rings (SSSR count). The Morgan fingerprint density at radius 1 is 1.42 bits per heavy atom. The molecule has 0 aromatic rings. The highest BCUT2D eigenvalue weighted by atomic mass is 16.1. The van der Waals surface area contributed by atoms with Crippen LogP contribution in [0.3, 0.4) is 0 Å². The maximum absolute atomic E-state index is 10.3. The zero-order valence-corrected chi connectivity index (χ0v) is 7.62. The lowest BCUT2D eigenvalue weighted by atomic mass is 10.2. The number of hydrogen-bond acceptors (Lipinski definition) is 2. The van der Waals surface area contributed by atoms with Gasteiger partial charge in [-0.2, -0.15) is 5.26 Å². The lowest BCUT2D eigenvalue weighted by molar-refractivity contribution is -0.117. The number of hydrogen-bond donors (Lipinski definition) is 0. The molecule has 12 heavy (non-hydrogen) atoms. The minimum Gasteiger partial charge on any atom is -0.332 e. The minimum atomic E-state index is 0.218. The predicted octanol–water partition coefficient (Wildman–Crippen LogP) is 1.55. The lowest BCUT2D eigenvalue weighted by Gasteiger charge is -2.11. The molecule has 3 heteroatoms. The van der Waals surface area contributed by atoms with Crippen LogP contribution in [-0.4, -0.2) is 24.4 Å². The van der Waals surface area contributed by atoms with Gasteiger partial charge in [-0.3, -0.25) is 4.79 Å². The summed E-state index contributed by atoms with van der Waals surface area (Å²) in [5, 5.41) is 8.32. The van der Waals surface area contributed by atoms with Crippen LogP contribution in [0.1, 0.15) is 32.6 Å². The number of carbonyl (C=O) groups is 1. The third kappa shape index (κ3) is 5.72. The molecule has 68 valence electrons. The van der Waals surface area contributed by atoms with Gasteiger partial charge in [-0.15, -0.1) is 0 Å². The molecule has 0 saturated heterocycles. The largest absolute Gasteiger partial charge is 0.332 e. The first kappa shape index (κ1) is 11.0. The number of rotatable bonds is 7. The van der Waals surface area contributed by atoms with Crippen molar-refractivity contribution in [1.82, 2.24) is 4.90 Å². The summed E-state index contributed by atoms with van der Waals surface area (Å²) in [6.45, 7) is 3.08. The second kappa shape index (κ2) is 8.06. The van der Waals surface area contributed by atoms with Gasteiger partial charge in [0.1, 0.15) is 6.54 Å². The van der Waals surface area contributed by atoms with Gasteiger partial charge in [0.05, 0.1) is 6.07 Å². The maximum atomic E-state index is 10.3. The van der Waals surface area contributed by atoms with E-state index in [-0.39, 0.29) is 6.54 Å². The van der Waals surface area contributed by atoms with Gasteiger partial charge in [0, 0.05) is 6.54 Å². The van der Waals surface area contributed by atoms with E-state index in [1.165, 1.54) is 17.7 Å². The summed E-state index contributed by atoms with van der Waals surface area (Å²) in [6, 6.07) is 1.95. The standard InChI is InChI=1S/C9H16N2O/c1-2-3-4-5-7-11(9-12)8-6-10/h9H,2-5,7-8H2,1H3. The van der Waals surface area contributed by atoms with Crippen molar-refractivity contribution in [2.24, 2.45) is 0 Å². The van der Waals surface area contributed by atoms with Crippen molar-refractivity contribution in [2.45, 2.75) is 32.6 Å². The Labute approximate surface area is 74.0 Å². The monoisotopic (exact) mass is 168 g/mol. The Kier molecular flexibility index (Phi) is 7.36. The molecule has 0 N–H and O–H groups in total. The van der Waals surface area contributed by atoms with Gasteiger partial charge in [-0.25, -0.2) is 0 Å². The van der Waals surface area contributed by atoms with E-state index in [1.54, 1.807) is 0 Å². The fourth-order valence-corrected chi connectivity index (χ4v) is 1.00. The highest BCUT2D eigenvalue weighted by molar-refractivity contribution is 5.47. The van der Waals surface area contributed by atoms with Crippen LogP contribution in [0.5, 0.6) is 0 Å². The smallest absolute Gasteiger partial charge is 0.210 e. The second-order valence-corrected chi connectivity index (χ2v) is 2.79. The quantitative estimate of drug-likeness (QED) is 0.329. The molecular weight excluding hydrogens is 152 g/mol. The van der Waals surface area contributed by atoms with Crippen LogP contribution < -0.4 is 0 Å². The van der Waals surface area contributed by atoms with Crippen LogP contribution in [0.4, 0.5) is 0 Å². The van der Waals surface area contributed by atoms with Crippen LogP contribution in [0.25, 0.3) is 0 Å². The van der Waals surface area contributed by atoms with Crippen molar-refractivity contribution in [3.8, 4) is 6.07 Å². The van der Waals surface area contributed by atoms with Gasteiger partial charge >= 0.3 is 0 Å². The summed E-state index contributed by atoms with van der Waals surface area (Å²) in [6.07, 6.45) is 5.30. The summed E-state index contributed by atoms with van der Waals surface area (Å²) in [5.41, 5.74) is 0. The van der Waals surface area contributed by atoms with E-state index >= 15 is 0 Å². The van der Waals surface area contributed by atoms with Gasteiger partial charge in [0.2, 0.25) is 6.41 Å². The van der Waals surface area contributed by atoms with Gasteiger partial charge < -0.3 is 4.90 Å². The molecule has 0 unspecified atom stereocenters. The van der Waals surface area contributed by atoms with E-state index < -0.39 is 0 Å². The molecule has 0 aliphatic rings. The Hall–Kier alpha value is -1.04. The molecule has 0 aliphatic carbocycles. The highest BCUT2D eigenvalue weighted by Gasteiger charge is 1.98. The molecule has 0 radical (unpaired) electrons. The molecule has 0 saturated carbocycles. The van der Waals surface area contributed by atoms with Gasteiger partial charge in [0.15, 0.2) is 0 Å². The minimum absolute atomic E-state index is 0.218. The Morgan fingerprint density at radius 3 is 2.67 bits per heavy atom. The molecule has 0 heterocycles. The van der Waals surface area contributed by atoms with E-state index in [1.807, 2.05) is 6.07 Å². The van der Waals surface area contributed by atoms with Crippen LogP contribution in [-0.2, 0) is 4.79 Å². The van der Waals surface area contributed by atoms with E-state index in [0.29, 0.717) is 0 Å². The molecule has 3 nitrogen and oxygen atoms in total. The van der Waals surface area contributed by atoms with Crippen LogP contribution >= 0.6 is 0 Å². The molecule has 0 aromatic carbocycles. The number of nitrogens with zero attached hydrogens (tertiary/aromatic N) is 2. The summed E-state index contributed by atoms with van der Waals surface area (Å²) < 4.78 is 0. The van der Waals surface area contributed by atoms with Crippen molar-refractivity contribution in [1.29, 1.82) is 5.26 Å². The fraction of sp³-hybridized carbons (Fsp3) is 0.778. The Bertz CT molecular complexity index is 151. The summed E-state index contributed by atoms with van der Waals surface area (Å²) >= 11 is 0. The van der Waals surface area contributed by atoms with E-state index in [0.717, 1.165) is 25.8 Å². The van der Waals surface area contributed by atoms with E-state index in [2.05, 4.69) is 6.92 Å². The normalized spacial score (nSPS) is 9.00. The summed E-state index contributed by atoms with van der Waals surface area (Å²) in [7, 11) is 0. The van der Waals surface area contributed by atoms with Crippen molar-refractivity contribution in [3.05, 3.63) is 0 Å². The molecule has 0 atom stereocenters. The van der Waals surface area contributed by atoms with Gasteiger partial charge in [-0.1, -0.05) is 26.2 Å². The first-order valence-corrected chi connectivity index (χ1v) is 4.41. The van der Waals surface area contributed by atoms with Gasteiger partial charge in [0.25, 0.3) is 0 Å². The summed E-state index contributed by atoms with van der Waals surface area (Å²) in [5.74, 6) is 0. The number of nitriles is 1. The predicted molar refractivity (Wildman–Crippen MR) is 47.4 cm³/mol. The SMILES string of the molecule is CCCCCCN(C=O)CC#N. The zero-order valence-electron chi connectivity index (χ0n) is 7.62. The summed E-state index contributed by atoms with van der Waals surface area (Å²) in [4.78, 5) is 11.8. The molecule has 1 amide bonds. The Balaban J connectivity index is 3.33. The molecular formula is C9H16N2O. The van der Waals surface area contributed by atoms with E-state index in [4.69, 9.17) is 5.26 Å². The maximum Gasteiger partial charge on any atom is 0.210 e. The molecule has 0 spiro atoms. The Morgan fingerprint density at radius 2 is 2.17 bits per heavy atom. The number of carbonyl (C=O) groups excluding carboxylic acids is 1. The average molecular weight is 168 g/mol. The topological polar surface area (TPSA) is 44.1 Å². The average Bonchev–Trinajstić information content (AvgIpc) is 2.10. The first-order chi connectivity index (χ1) is 5.85. The van der Waals surface area contributed by atoms with Gasteiger partial charge in [-0.05, 0) is 6.42 Å².